The third kappa shape index (κ3) is 4.40. The van der Waals surface area contributed by atoms with E-state index in [1.165, 1.54) is 31.1 Å². The van der Waals surface area contributed by atoms with Gasteiger partial charge in [-0.3, -0.25) is 4.79 Å². The Morgan fingerprint density at radius 2 is 1.73 bits per heavy atom. The van der Waals surface area contributed by atoms with Crippen molar-refractivity contribution < 1.29 is 47.0 Å². The molecule has 0 radical (unpaired) electrons. The molecule has 2 aliphatic heterocycles. The largest absolute Gasteiger partial charge is 0.472 e. The van der Waals surface area contributed by atoms with Crippen LogP contribution in [0.2, 0.25) is 0 Å². The molecule has 1 saturated heterocycles. The SMILES string of the molecule is CC1=C(COC(=O)c2ccoc2)C(=O)O[C@@H]([C@@H](C)[C@H]2CC[C@H]3[C@@H]4C[C@H]5O[C@]56[C@@H](OC(=O)c5ccoc5)C=CC(=O)[C@]6(C)[C@H]4CC[C@]23C)C1. The summed E-state index contributed by atoms with van der Waals surface area (Å²) in [5.41, 5.74) is 0.310. The maximum Gasteiger partial charge on any atom is 0.342 e. The summed E-state index contributed by atoms with van der Waals surface area (Å²) in [6, 6.07) is 3.09. The molecule has 2 aromatic heterocycles. The molecule has 0 bridgehead atoms. The van der Waals surface area contributed by atoms with E-state index in [0.29, 0.717) is 40.9 Å². The number of fused-ring (bicyclic) bond motifs is 4. The predicted octanol–water partition coefficient (Wildman–Crippen LogP) is 6.27. The highest BCUT2D eigenvalue weighted by atomic mass is 16.7. The Labute approximate surface area is 279 Å². The average molecular weight is 659 g/mol. The second-order valence-corrected chi connectivity index (χ2v) is 15.4. The van der Waals surface area contributed by atoms with Crippen LogP contribution in [0.15, 0.2) is 69.3 Å². The first-order valence-corrected chi connectivity index (χ1v) is 17.2. The van der Waals surface area contributed by atoms with Crippen LogP contribution >= 0.6 is 0 Å². The highest BCUT2D eigenvalue weighted by molar-refractivity contribution is 5.99. The van der Waals surface area contributed by atoms with Gasteiger partial charge in [-0.25, -0.2) is 14.4 Å². The van der Waals surface area contributed by atoms with Crippen LogP contribution in [0.25, 0.3) is 0 Å². The molecule has 11 atom stereocenters. The van der Waals surface area contributed by atoms with Gasteiger partial charge in [-0.05, 0) is 105 Å². The Bertz CT molecular complexity index is 1700. The van der Waals surface area contributed by atoms with E-state index in [-0.39, 0.29) is 41.8 Å². The molecule has 254 valence electrons. The number of allylic oxidation sites excluding steroid dienone is 1. The minimum atomic E-state index is -0.844. The number of ketones is 1. The molecular weight excluding hydrogens is 616 g/mol. The zero-order valence-corrected chi connectivity index (χ0v) is 27.8. The fourth-order valence-corrected chi connectivity index (χ4v) is 10.9. The van der Waals surface area contributed by atoms with Gasteiger partial charge in [0, 0.05) is 6.42 Å². The first-order chi connectivity index (χ1) is 23.0. The van der Waals surface area contributed by atoms with Crippen molar-refractivity contribution >= 4 is 23.7 Å². The Balaban J connectivity index is 0.977. The van der Waals surface area contributed by atoms with Crippen molar-refractivity contribution in [1.29, 1.82) is 0 Å². The van der Waals surface area contributed by atoms with Crippen molar-refractivity contribution in [3.05, 3.63) is 71.6 Å². The summed E-state index contributed by atoms with van der Waals surface area (Å²) < 4.78 is 34.0. The normalized spacial score (nSPS) is 40.2. The average Bonchev–Trinajstić information content (AvgIpc) is 3.51. The smallest absolute Gasteiger partial charge is 0.342 e. The number of hydrogen-bond acceptors (Lipinski definition) is 10. The van der Waals surface area contributed by atoms with Crippen LogP contribution in [0.4, 0.5) is 0 Å². The molecule has 10 nitrogen and oxygen atoms in total. The monoisotopic (exact) mass is 658 g/mol. The summed E-state index contributed by atoms with van der Waals surface area (Å²) in [6.45, 7) is 8.46. The van der Waals surface area contributed by atoms with Crippen LogP contribution in [0.3, 0.4) is 0 Å². The van der Waals surface area contributed by atoms with Gasteiger partial charge in [-0.1, -0.05) is 19.4 Å². The van der Waals surface area contributed by atoms with Crippen LogP contribution in [-0.4, -0.2) is 54.2 Å². The summed E-state index contributed by atoms with van der Waals surface area (Å²) in [5.74, 6) is -0.0950. The molecule has 0 unspecified atom stereocenters. The van der Waals surface area contributed by atoms with Gasteiger partial charge in [0.05, 0.1) is 40.7 Å². The molecule has 1 spiro atoms. The molecule has 3 saturated carbocycles. The van der Waals surface area contributed by atoms with Crippen molar-refractivity contribution in [2.75, 3.05) is 6.61 Å². The van der Waals surface area contributed by atoms with Gasteiger partial charge in [0.1, 0.15) is 30.8 Å². The fraction of sp³-hybridized carbons (Fsp3) is 0.579. The first-order valence-electron chi connectivity index (χ1n) is 17.2. The Hall–Kier alpha value is -3.92. The number of carbonyl (C=O) groups excluding carboxylic acids is 4. The lowest BCUT2D eigenvalue weighted by atomic mass is 9.44. The predicted molar refractivity (Wildman–Crippen MR) is 168 cm³/mol. The van der Waals surface area contributed by atoms with E-state index in [4.69, 9.17) is 27.8 Å². The van der Waals surface area contributed by atoms with Crippen LogP contribution < -0.4 is 0 Å². The highest BCUT2D eigenvalue weighted by Gasteiger charge is 2.81. The summed E-state index contributed by atoms with van der Waals surface area (Å²) in [6.07, 6.45) is 13.1. The molecular formula is C38H42O10. The molecule has 4 fully saturated rings. The lowest BCUT2D eigenvalue weighted by Gasteiger charge is -2.58. The van der Waals surface area contributed by atoms with Gasteiger partial charge < -0.3 is 27.8 Å². The fourth-order valence-electron chi connectivity index (χ4n) is 10.9. The van der Waals surface area contributed by atoms with Crippen molar-refractivity contribution in [3.8, 4) is 0 Å². The summed E-state index contributed by atoms with van der Waals surface area (Å²) in [4.78, 5) is 52.3. The third-order valence-electron chi connectivity index (χ3n) is 13.5. The van der Waals surface area contributed by atoms with Crippen LogP contribution in [-0.2, 0) is 28.5 Å². The molecule has 6 aliphatic rings. The zero-order valence-electron chi connectivity index (χ0n) is 27.8. The number of ether oxygens (including phenoxy) is 4. The highest BCUT2D eigenvalue weighted by Crippen LogP contribution is 2.73. The van der Waals surface area contributed by atoms with E-state index in [1.807, 2.05) is 13.8 Å². The summed E-state index contributed by atoms with van der Waals surface area (Å²) in [7, 11) is 0. The van der Waals surface area contributed by atoms with E-state index < -0.39 is 35.0 Å². The Morgan fingerprint density at radius 1 is 1.00 bits per heavy atom. The number of furan rings is 2. The maximum absolute atomic E-state index is 13.9. The quantitative estimate of drug-likeness (QED) is 0.190. The van der Waals surface area contributed by atoms with Crippen molar-refractivity contribution in [3.63, 3.8) is 0 Å². The van der Waals surface area contributed by atoms with Crippen molar-refractivity contribution in [2.45, 2.75) is 90.1 Å². The molecule has 10 heteroatoms. The molecule has 0 aromatic carbocycles. The number of esters is 3. The number of cyclic esters (lactones) is 1. The zero-order chi connectivity index (χ0) is 33.6. The third-order valence-corrected chi connectivity index (χ3v) is 13.5. The van der Waals surface area contributed by atoms with Gasteiger partial charge in [-0.2, -0.15) is 0 Å². The molecule has 0 amide bonds. The van der Waals surface area contributed by atoms with Gasteiger partial charge in [0.2, 0.25) is 0 Å². The van der Waals surface area contributed by atoms with Crippen molar-refractivity contribution in [1.82, 2.24) is 0 Å². The maximum atomic E-state index is 13.9. The van der Waals surface area contributed by atoms with Crippen LogP contribution in [0, 0.1) is 40.4 Å². The van der Waals surface area contributed by atoms with Gasteiger partial charge >= 0.3 is 17.9 Å². The topological polar surface area (TPSA) is 135 Å². The molecule has 2 aromatic rings. The Kier molecular flexibility index (Phi) is 7.22. The number of epoxide rings is 1. The van der Waals surface area contributed by atoms with Crippen LogP contribution in [0.1, 0.15) is 86.9 Å². The molecule has 0 N–H and O–H groups in total. The number of carbonyl (C=O) groups is 4. The lowest BCUT2D eigenvalue weighted by molar-refractivity contribution is -0.156. The van der Waals surface area contributed by atoms with E-state index in [0.717, 1.165) is 37.7 Å². The standard InChI is InChI=1S/C38H42O10/c1-20-15-29(46-35(42)25(20)19-45-33(40)22-10-13-43-17-22)21(2)26-5-6-27-24-16-32-38(48-32)31(47-34(41)23-11-14-44-18-23)8-7-30(39)37(38,4)28(24)9-12-36(26,27)3/h7-8,10-11,13-14,17-18,21,24,26-29,31-32H,5-6,9,12,15-16,19H2,1-4H3/t21-,24-,26+,27-,28-,29+,31-,32+,36+,37-,38+/m0/s1. The van der Waals surface area contributed by atoms with Crippen LogP contribution in [0.5, 0.6) is 0 Å². The second kappa shape index (κ2) is 11.1. The first kappa shape index (κ1) is 31.4. The van der Waals surface area contributed by atoms with E-state index in [2.05, 4.69) is 13.8 Å². The van der Waals surface area contributed by atoms with E-state index in [9.17, 15) is 19.2 Å². The van der Waals surface area contributed by atoms with Gasteiger partial charge in [0.25, 0.3) is 0 Å². The Morgan fingerprint density at radius 3 is 2.42 bits per heavy atom. The summed E-state index contributed by atoms with van der Waals surface area (Å²) >= 11 is 0. The molecule has 48 heavy (non-hydrogen) atoms. The molecule has 4 aliphatic carbocycles. The van der Waals surface area contributed by atoms with E-state index >= 15 is 0 Å². The number of rotatable bonds is 7. The molecule has 8 rings (SSSR count). The second-order valence-electron chi connectivity index (χ2n) is 15.4. The number of hydrogen-bond donors (Lipinski definition) is 0. The summed E-state index contributed by atoms with van der Waals surface area (Å²) in [5, 5.41) is 0. The van der Waals surface area contributed by atoms with E-state index in [1.54, 1.807) is 18.2 Å². The van der Waals surface area contributed by atoms with Gasteiger partial charge in [0.15, 0.2) is 11.9 Å². The van der Waals surface area contributed by atoms with Gasteiger partial charge in [-0.15, -0.1) is 0 Å². The van der Waals surface area contributed by atoms with Crippen molar-refractivity contribution in [2.24, 2.45) is 40.4 Å². The minimum Gasteiger partial charge on any atom is -0.472 e. The molecule has 4 heterocycles. The lowest BCUT2D eigenvalue weighted by Crippen LogP contribution is -2.64. The minimum absolute atomic E-state index is 0.0248.